The first-order chi connectivity index (χ1) is 9.77. The standard InChI is InChI=1S/C15H17ClN2O2/c1-20-10-6-5-9-18-13(11-19)14(16)17-15(18)12-7-3-2-4-8-12/h2-4,7-8,11H,5-6,9-10H2,1H3. The molecule has 20 heavy (non-hydrogen) atoms. The Labute approximate surface area is 123 Å². The molecule has 1 aromatic carbocycles. The van der Waals surface area contributed by atoms with Crippen LogP contribution < -0.4 is 0 Å². The number of ether oxygens (including phenoxy) is 1. The smallest absolute Gasteiger partial charge is 0.169 e. The molecule has 2 rings (SSSR count). The number of carbonyl (C=O) groups excluding carboxylic acids is 1. The number of benzene rings is 1. The molecule has 0 radical (unpaired) electrons. The van der Waals surface area contributed by atoms with Gasteiger partial charge >= 0.3 is 0 Å². The Morgan fingerprint density at radius 1 is 1.30 bits per heavy atom. The number of methoxy groups -OCH3 is 1. The fourth-order valence-electron chi connectivity index (χ4n) is 2.10. The molecule has 0 atom stereocenters. The van der Waals surface area contributed by atoms with Crippen molar-refractivity contribution in [2.24, 2.45) is 0 Å². The highest BCUT2D eigenvalue weighted by atomic mass is 35.5. The highest BCUT2D eigenvalue weighted by molar-refractivity contribution is 6.31. The van der Waals surface area contributed by atoms with E-state index in [1.807, 2.05) is 34.9 Å². The average molecular weight is 293 g/mol. The van der Waals surface area contributed by atoms with E-state index in [2.05, 4.69) is 4.98 Å². The molecule has 0 aliphatic carbocycles. The van der Waals surface area contributed by atoms with Gasteiger partial charge in [0.15, 0.2) is 11.4 Å². The van der Waals surface area contributed by atoms with E-state index in [0.717, 1.165) is 30.5 Å². The van der Waals surface area contributed by atoms with E-state index in [-0.39, 0.29) is 5.15 Å². The third-order valence-corrected chi connectivity index (χ3v) is 3.36. The van der Waals surface area contributed by atoms with E-state index in [9.17, 15) is 4.79 Å². The van der Waals surface area contributed by atoms with E-state index in [4.69, 9.17) is 16.3 Å². The molecule has 0 unspecified atom stereocenters. The van der Waals surface area contributed by atoms with Gasteiger partial charge in [-0.3, -0.25) is 4.79 Å². The zero-order valence-electron chi connectivity index (χ0n) is 11.4. The summed E-state index contributed by atoms with van der Waals surface area (Å²) in [5, 5.41) is 0.255. The summed E-state index contributed by atoms with van der Waals surface area (Å²) in [6.07, 6.45) is 2.60. The Balaban J connectivity index is 2.29. The number of rotatable bonds is 7. The van der Waals surface area contributed by atoms with E-state index in [1.54, 1.807) is 7.11 Å². The first kappa shape index (κ1) is 14.8. The Morgan fingerprint density at radius 3 is 2.70 bits per heavy atom. The zero-order valence-corrected chi connectivity index (χ0v) is 12.1. The lowest BCUT2D eigenvalue weighted by Gasteiger charge is -2.09. The summed E-state index contributed by atoms with van der Waals surface area (Å²) in [4.78, 5) is 15.5. The molecule has 0 saturated carbocycles. The van der Waals surface area contributed by atoms with Crippen LogP contribution in [0.3, 0.4) is 0 Å². The Kier molecular flexibility index (Phi) is 5.32. The summed E-state index contributed by atoms with van der Waals surface area (Å²) in [5.41, 5.74) is 1.39. The van der Waals surface area contributed by atoms with Crippen LogP contribution in [0, 0.1) is 0 Å². The van der Waals surface area contributed by atoms with Gasteiger partial charge in [-0.05, 0) is 12.8 Å². The van der Waals surface area contributed by atoms with Gasteiger partial charge in [-0.2, -0.15) is 0 Å². The maximum Gasteiger partial charge on any atom is 0.169 e. The van der Waals surface area contributed by atoms with Crippen LogP contribution >= 0.6 is 11.6 Å². The molecule has 4 nitrogen and oxygen atoms in total. The maximum absolute atomic E-state index is 11.2. The van der Waals surface area contributed by atoms with Gasteiger partial charge in [0.25, 0.3) is 0 Å². The van der Waals surface area contributed by atoms with Gasteiger partial charge in [0.2, 0.25) is 0 Å². The fourth-order valence-corrected chi connectivity index (χ4v) is 2.33. The van der Waals surface area contributed by atoms with E-state index in [0.29, 0.717) is 18.8 Å². The van der Waals surface area contributed by atoms with Gasteiger partial charge in [-0.15, -0.1) is 0 Å². The molecule has 0 aliphatic heterocycles. The van der Waals surface area contributed by atoms with Crippen LogP contribution in [0.15, 0.2) is 30.3 Å². The van der Waals surface area contributed by atoms with Crippen LogP contribution in [-0.2, 0) is 11.3 Å². The minimum atomic E-state index is 0.255. The summed E-state index contributed by atoms with van der Waals surface area (Å²) in [6.45, 7) is 1.40. The molecule has 1 aromatic heterocycles. The molecule has 0 fully saturated rings. The molecule has 0 bridgehead atoms. The van der Waals surface area contributed by atoms with Crippen LogP contribution in [0.5, 0.6) is 0 Å². The summed E-state index contributed by atoms with van der Waals surface area (Å²) >= 11 is 6.05. The predicted octanol–water partition coefficient (Wildman–Crippen LogP) is 3.44. The van der Waals surface area contributed by atoms with E-state index >= 15 is 0 Å². The number of carbonyl (C=O) groups is 1. The third kappa shape index (κ3) is 3.26. The molecule has 0 spiro atoms. The van der Waals surface area contributed by atoms with Crippen LogP contribution in [0.25, 0.3) is 11.4 Å². The lowest BCUT2D eigenvalue weighted by atomic mass is 10.2. The molecule has 0 saturated heterocycles. The van der Waals surface area contributed by atoms with Gasteiger partial charge in [-0.1, -0.05) is 41.9 Å². The topological polar surface area (TPSA) is 44.1 Å². The van der Waals surface area contributed by atoms with Crippen molar-refractivity contribution >= 4 is 17.9 Å². The number of nitrogens with zero attached hydrogens (tertiary/aromatic N) is 2. The Hall–Kier alpha value is -1.65. The molecular formula is C15H17ClN2O2. The Morgan fingerprint density at radius 2 is 2.05 bits per heavy atom. The second-order valence-corrected chi connectivity index (χ2v) is 4.80. The Bertz CT molecular complexity index is 567. The third-order valence-electron chi connectivity index (χ3n) is 3.09. The van der Waals surface area contributed by atoms with Crippen molar-refractivity contribution in [3.8, 4) is 11.4 Å². The number of halogens is 1. The van der Waals surface area contributed by atoms with Crippen molar-refractivity contribution in [2.45, 2.75) is 19.4 Å². The molecule has 106 valence electrons. The summed E-state index contributed by atoms with van der Waals surface area (Å²) < 4.78 is 6.91. The molecule has 1 heterocycles. The molecule has 2 aromatic rings. The van der Waals surface area contributed by atoms with Crippen molar-refractivity contribution in [3.63, 3.8) is 0 Å². The van der Waals surface area contributed by atoms with Crippen molar-refractivity contribution in [2.75, 3.05) is 13.7 Å². The van der Waals surface area contributed by atoms with E-state index in [1.165, 1.54) is 0 Å². The van der Waals surface area contributed by atoms with Gasteiger partial charge < -0.3 is 9.30 Å². The second kappa shape index (κ2) is 7.22. The van der Waals surface area contributed by atoms with Crippen molar-refractivity contribution in [1.82, 2.24) is 9.55 Å². The van der Waals surface area contributed by atoms with Crippen molar-refractivity contribution < 1.29 is 9.53 Å². The molecule has 0 aliphatic rings. The number of hydrogen-bond acceptors (Lipinski definition) is 3. The van der Waals surface area contributed by atoms with Crippen LogP contribution in [0.4, 0.5) is 0 Å². The second-order valence-electron chi connectivity index (χ2n) is 4.45. The van der Waals surface area contributed by atoms with Crippen LogP contribution in [-0.4, -0.2) is 29.6 Å². The van der Waals surface area contributed by atoms with Gasteiger partial charge in [0.05, 0.1) is 0 Å². The minimum Gasteiger partial charge on any atom is -0.385 e. The van der Waals surface area contributed by atoms with Crippen molar-refractivity contribution in [1.29, 1.82) is 0 Å². The normalized spacial score (nSPS) is 10.7. The van der Waals surface area contributed by atoms with E-state index < -0.39 is 0 Å². The minimum absolute atomic E-state index is 0.255. The molecular weight excluding hydrogens is 276 g/mol. The average Bonchev–Trinajstić information content (AvgIpc) is 2.80. The van der Waals surface area contributed by atoms with Crippen LogP contribution in [0.2, 0.25) is 5.15 Å². The summed E-state index contributed by atoms with van der Waals surface area (Å²) in [7, 11) is 1.68. The predicted molar refractivity (Wildman–Crippen MR) is 79.2 cm³/mol. The number of imidazole rings is 1. The lowest BCUT2D eigenvalue weighted by molar-refractivity contribution is 0.111. The lowest BCUT2D eigenvalue weighted by Crippen LogP contribution is -2.06. The quantitative estimate of drug-likeness (QED) is 0.580. The molecule has 0 amide bonds. The highest BCUT2D eigenvalue weighted by Gasteiger charge is 2.16. The van der Waals surface area contributed by atoms with Gasteiger partial charge in [0.1, 0.15) is 11.5 Å². The molecule has 0 N–H and O–H groups in total. The number of aldehydes is 1. The van der Waals surface area contributed by atoms with Crippen LogP contribution in [0.1, 0.15) is 23.3 Å². The first-order valence-electron chi connectivity index (χ1n) is 6.53. The SMILES string of the molecule is COCCCCn1c(-c2ccccc2)nc(Cl)c1C=O. The number of hydrogen-bond donors (Lipinski definition) is 0. The fraction of sp³-hybridized carbons (Fsp3) is 0.333. The first-order valence-corrected chi connectivity index (χ1v) is 6.91. The summed E-state index contributed by atoms with van der Waals surface area (Å²) in [6, 6.07) is 9.73. The summed E-state index contributed by atoms with van der Waals surface area (Å²) in [5.74, 6) is 0.732. The monoisotopic (exact) mass is 292 g/mol. The van der Waals surface area contributed by atoms with Crippen molar-refractivity contribution in [3.05, 3.63) is 41.2 Å². The largest absolute Gasteiger partial charge is 0.385 e. The highest BCUT2D eigenvalue weighted by Crippen LogP contribution is 2.25. The number of aromatic nitrogens is 2. The molecule has 5 heteroatoms. The van der Waals surface area contributed by atoms with Gasteiger partial charge in [-0.25, -0.2) is 4.98 Å². The van der Waals surface area contributed by atoms with Gasteiger partial charge in [0, 0.05) is 25.8 Å². The maximum atomic E-state index is 11.2. The zero-order chi connectivity index (χ0) is 14.4. The number of unbranched alkanes of at least 4 members (excludes halogenated alkanes) is 1.